The monoisotopic (exact) mass is 342 g/mol. The Hall–Kier alpha value is -2.30. The molecule has 0 bridgehead atoms. The van der Waals surface area contributed by atoms with Crippen molar-refractivity contribution in [1.29, 1.82) is 0 Å². The Bertz CT molecular complexity index is 711. The molecule has 0 saturated carbocycles. The van der Waals surface area contributed by atoms with E-state index in [0.717, 1.165) is 22.8 Å². The van der Waals surface area contributed by atoms with Crippen molar-refractivity contribution in [1.82, 2.24) is 14.7 Å². The van der Waals surface area contributed by atoms with Gasteiger partial charge in [-0.1, -0.05) is 18.2 Å². The fourth-order valence-electron chi connectivity index (χ4n) is 3.28. The van der Waals surface area contributed by atoms with E-state index >= 15 is 0 Å². The lowest BCUT2D eigenvalue weighted by Gasteiger charge is -2.33. The minimum absolute atomic E-state index is 0.108. The summed E-state index contributed by atoms with van der Waals surface area (Å²) in [6, 6.07) is 10.1. The van der Waals surface area contributed by atoms with Crippen LogP contribution in [0.1, 0.15) is 46.0 Å². The number of benzene rings is 1. The lowest BCUT2D eigenvalue weighted by atomic mass is 10.1. The van der Waals surface area contributed by atoms with E-state index in [9.17, 15) is 4.79 Å². The molecule has 25 heavy (non-hydrogen) atoms. The molecule has 1 unspecified atom stereocenters. The SMILES string of the molecule is Cc1nn(-c2ccccc2)c(C)c1NC(C)C(=O)N(C(C)C)C(C)C. The Kier molecular flexibility index (Phi) is 5.88. The Morgan fingerprint density at radius 2 is 1.60 bits per heavy atom. The number of hydrogen-bond acceptors (Lipinski definition) is 3. The third-order valence-electron chi connectivity index (χ3n) is 4.39. The van der Waals surface area contributed by atoms with Gasteiger partial charge in [0.25, 0.3) is 0 Å². The number of aryl methyl sites for hydroxylation is 1. The Morgan fingerprint density at radius 3 is 2.12 bits per heavy atom. The third kappa shape index (κ3) is 4.03. The van der Waals surface area contributed by atoms with Gasteiger partial charge >= 0.3 is 0 Å². The van der Waals surface area contributed by atoms with Gasteiger partial charge in [-0.25, -0.2) is 4.68 Å². The van der Waals surface area contributed by atoms with E-state index in [1.165, 1.54) is 0 Å². The van der Waals surface area contributed by atoms with Crippen LogP contribution in [0.3, 0.4) is 0 Å². The average Bonchev–Trinajstić information content (AvgIpc) is 2.83. The van der Waals surface area contributed by atoms with Gasteiger partial charge in [0.2, 0.25) is 5.91 Å². The van der Waals surface area contributed by atoms with E-state index in [-0.39, 0.29) is 24.0 Å². The molecule has 1 N–H and O–H groups in total. The zero-order chi connectivity index (χ0) is 18.7. The summed E-state index contributed by atoms with van der Waals surface area (Å²) in [6.45, 7) is 14.1. The minimum Gasteiger partial charge on any atom is -0.371 e. The Morgan fingerprint density at radius 1 is 1.04 bits per heavy atom. The fraction of sp³-hybridized carbons (Fsp3) is 0.500. The topological polar surface area (TPSA) is 50.2 Å². The predicted molar refractivity (Wildman–Crippen MR) is 103 cm³/mol. The van der Waals surface area contributed by atoms with Crippen LogP contribution in [0.2, 0.25) is 0 Å². The van der Waals surface area contributed by atoms with Crippen molar-refractivity contribution in [2.75, 3.05) is 5.32 Å². The molecular weight excluding hydrogens is 312 g/mol. The second-order valence-corrected chi connectivity index (χ2v) is 7.09. The standard InChI is InChI=1S/C20H30N4O/c1-13(2)23(14(3)4)20(25)16(6)21-19-15(5)22-24(17(19)7)18-11-9-8-10-12-18/h8-14,16,21H,1-7H3. The first-order valence-electron chi connectivity index (χ1n) is 8.94. The first-order valence-corrected chi connectivity index (χ1v) is 8.94. The number of nitrogens with zero attached hydrogens (tertiary/aromatic N) is 3. The highest BCUT2D eigenvalue weighted by atomic mass is 16.2. The van der Waals surface area contributed by atoms with Gasteiger partial charge in [-0.15, -0.1) is 0 Å². The van der Waals surface area contributed by atoms with Gasteiger partial charge in [0.1, 0.15) is 6.04 Å². The van der Waals surface area contributed by atoms with Crippen LogP contribution in [0.15, 0.2) is 30.3 Å². The summed E-state index contributed by atoms with van der Waals surface area (Å²) < 4.78 is 1.91. The largest absolute Gasteiger partial charge is 0.371 e. The van der Waals surface area contributed by atoms with Crippen molar-refractivity contribution in [2.24, 2.45) is 0 Å². The van der Waals surface area contributed by atoms with Gasteiger partial charge in [-0.2, -0.15) is 5.10 Å². The number of aromatic nitrogens is 2. The quantitative estimate of drug-likeness (QED) is 0.865. The predicted octanol–water partition coefficient (Wildman–Crippen LogP) is 3.93. The fourth-order valence-corrected chi connectivity index (χ4v) is 3.28. The summed E-state index contributed by atoms with van der Waals surface area (Å²) in [5, 5.41) is 8.02. The van der Waals surface area contributed by atoms with Gasteiger partial charge in [0, 0.05) is 12.1 Å². The van der Waals surface area contributed by atoms with Crippen molar-refractivity contribution >= 4 is 11.6 Å². The normalized spacial score (nSPS) is 12.5. The summed E-state index contributed by atoms with van der Waals surface area (Å²) in [5.74, 6) is 0.108. The van der Waals surface area contributed by atoms with Crippen LogP contribution in [0.25, 0.3) is 5.69 Å². The summed E-state index contributed by atoms with van der Waals surface area (Å²) in [4.78, 5) is 14.8. The Balaban J connectivity index is 2.26. The molecule has 0 aliphatic carbocycles. The molecule has 2 aromatic rings. The number of carbonyl (C=O) groups excluding carboxylic acids is 1. The lowest BCUT2D eigenvalue weighted by molar-refractivity contribution is -0.135. The molecule has 1 heterocycles. The van der Waals surface area contributed by atoms with Crippen LogP contribution < -0.4 is 5.32 Å². The van der Waals surface area contributed by atoms with E-state index in [2.05, 4.69) is 38.1 Å². The summed E-state index contributed by atoms with van der Waals surface area (Å²) in [5.41, 5.74) is 3.84. The maximum absolute atomic E-state index is 12.9. The molecule has 0 aliphatic rings. The van der Waals surface area contributed by atoms with Gasteiger partial charge in [0.05, 0.1) is 22.8 Å². The molecule has 0 radical (unpaired) electrons. The molecule has 136 valence electrons. The summed E-state index contributed by atoms with van der Waals surface area (Å²) in [7, 11) is 0. The molecule has 5 nitrogen and oxygen atoms in total. The minimum atomic E-state index is -0.310. The van der Waals surface area contributed by atoms with Gasteiger partial charge in [0.15, 0.2) is 0 Å². The average molecular weight is 342 g/mol. The number of rotatable bonds is 6. The first kappa shape index (κ1) is 19.0. The molecule has 0 spiro atoms. The van der Waals surface area contributed by atoms with Gasteiger partial charge in [-0.3, -0.25) is 4.79 Å². The van der Waals surface area contributed by atoms with Crippen molar-refractivity contribution in [3.63, 3.8) is 0 Å². The zero-order valence-corrected chi connectivity index (χ0v) is 16.4. The van der Waals surface area contributed by atoms with Crippen LogP contribution >= 0.6 is 0 Å². The highest BCUT2D eigenvalue weighted by molar-refractivity contribution is 5.85. The Labute approximate surface area is 151 Å². The smallest absolute Gasteiger partial charge is 0.245 e. The summed E-state index contributed by atoms with van der Waals surface area (Å²) in [6.07, 6.45) is 0. The lowest BCUT2D eigenvalue weighted by Crippen LogP contribution is -2.48. The maximum Gasteiger partial charge on any atom is 0.245 e. The molecular formula is C20H30N4O. The summed E-state index contributed by atoms with van der Waals surface area (Å²) >= 11 is 0. The van der Waals surface area contributed by atoms with E-state index in [0.29, 0.717) is 0 Å². The number of para-hydroxylation sites is 1. The van der Waals surface area contributed by atoms with Crippen molar-refractivity contribution in [3.05, 3.63) is 41.7 Å². The van der Waals surface area contributed by atoms with Crippen LogP contribution in [-0.4, -0.2) is 38.7 Å². The number of nitrogens with one attached hydrogen (secondary N) is 1. The number of amides is 1. The number of anilines is 1. The third-order valence-corrected chi connectivity index (χ3v) is 4.39. The zero-order valence-electron chi connectivity index (χ0n) is 16.4. The van der Waals surface area contributed by atoms with Crippen LogP contribution in [-0.2, 0) is 4.79 Å². The highest BCUT2D eigenvalue weighted by Gasteiger charge is 2.26. The molecule has 2 rings (SSSR count). The van der Waals surface area contributed by atoms with E-state index < -0.39 is 0 Å². The molecule has 0 saturated heterocycles. The molecule has 1 aromatic carbocycles. The first-order chi connectivity index (χ1) is 11.7. The van der Waals surface area contributed by atoms with Crippen LogP contribution in [0.5, 0.6) is 0 Å². The van der Waals surface area contributed by atoms with Crippen molar-refractivity contribution < 1.29 is 4.79 Å². The highest BCUT2D eigenvalue weighted by Crippen LogP contribution is 2.24. The van der Waals surface area contributed by atoms with Gasteiger partial charge < -0.3 is 10.2 Å². The van der Waals surface area contributed by atoms with Crippen molar-refractivity contribution in [2.45, 2.75) is 66.6 Å². The van der Waals surface area contributed by atoms with E-state index in [1.807, 2.05) is 60.7 Å². The second-order valence-electron chi connectivity index (χ2n) is 7.09. The van der Waals surface area contributed by atoms with E-state index in [4.69, 9.17) is 0 Å². The molecule has 1 aromatic heterocycles. The maximum atomic E-state index is 12.9. The molecule has 1 atom stereocenters. The molecule has 1 amide bonds. The van der Waals surface area contributed by atoms with Crippen molar-refractivity contribution in [3.8, 4) is 5.69 Å². The molecule has 5 heteroatoms. The molecule has 0 fully saturated rings. The van der Waals surface area contributed by atoms with Crippen LogP contribution in [0, 0.1) is 13.8 Å². The number of carbonyl (C=O) groups is 1. The second kappa shape index (κ2) is 7.72. The number of hydrogen-bond donors (Lipinski definition) is 1. The molecule has 0 aliphatic heterocycles. The van der Waals surface area contributed by atoms with Gasteiger partial charge in [-0.05, 0) is 60.6 Å². The van der Waals surface area contributed by atoms with E-state index in [1.54, 1.807) is 0 Å². The van der Waals surface area contributed by atoms with Crippen LogP contribution in [0.4, 0.5) is 5.69 Å².